The summed E-state index contributed by atoms with van der Waals surface area (Å²) in [6.07, 6.45) is 11.8. The molecule has 0 amide bonds. The predicted molar refractivity (Wildman–Crippen MR) is 138 cm³/mol. The number of benzene rings is 2. The van der Waals surface area contributed by atoms with Gasteiger partial charge in [-0.2, -0.15) is 0 Å². The first kappa shape index (κ1) is 24.8. The molecule has 1 aliphatic heterocycles. The first-order chi connectivity index (χ1) is 17.6. The van der Waals surface area contributed by atoms with Crippen molar-refractivity contribution < 1.29 is 24.2 Å². The molecule has 190 valence electrons. The van der Waals surface area contributed by atoms with E-state index < -0.39 is 6.10 Å². The topological polar surface area (TPSA) is 72.8 Å². The maximum absolute atomic E-state index is 13.0. The average molecular weight is 489 g/mol. The second kappa shape index (κ2) is 11.4. The molecule has 0 radical (unpaired) electrons. The lowest BCUT2D eigenvalue weighted by Gasteiger charge is -2.22. The van der Waals surface area contributed by atoms with Gasteiger partial charge in [0.2, 0.25) is 0 Å². The molecule has 5 heteroatoms. The van der Waals surface area contributed by atoms with Crippen molar-refractivity contribution in [3.63, 3.8) is 0 Å². The van der Waals surface area contributed by atoms with Crippen LogP contribution in [0.1, 0.15) is 68.1 Å². The van der Waals surface area contributed by atoms with Crippen LogP contribution < -0.4 is 0 Å². The lowest BCUT2D eigenvalue weighted by molar-refractivity contribution is -0.141. The molecule has 5 nitrogen and oxygen atoms in total. The van der Waals surface area contributed by atoms with Crippen molar-refractivity contribution >= 4 is 11.9 Å². The monoisotopic (exact) mass is 488 g/mol. The van der Waals surface area contributed by atoms with Gasteiger partial charge in [-0.3, -0.25) is 4.79 Å². The molecule has 5 atom stereocenters. The largest absolute Gasteiger partial charge is 0.462 e. The number of esters is 2. The van der Waals surface area contributed by atoms with Crippen LogP contribution in [0.2, 0.25) is 0 Å². The van der Waals surface area contributed by atoms with Gasteiger partial charge in [0.25, 0.3) is 0 Å². The lowest BCUT2D eigenvalue weighted by atomic mass is 9.85. The van der Waals surface area contributed by atoms with Gasteiger partial charge in [-0.15, -0.1) is 0 Å². The fourth-order valence-electron chi connectivity index (χ4n) is 6.16. The van der Waals surface area contributed by atoms with Crippen LogP contribution in [0.25, 0.3) is 11.1 Å². The summed E-state index contributed by atoms with van der Waals surface area (Å²) >= 11 is 0. The van der Waals surface area contributed by atoms with E-state index in [1.807, 2.05) is 54.6 Å². The first-order valence-corrected chi connectivity index (χ1v) is 13.5. The molecular weight excluding hydrogens is 452 g/mol. The van der Waals surface area contributed by atoms with E-state index in [0.717, 1.165) is 29.9 Å². The Morgan fingerprint density at radius 2 is 1.75 bits per heavy atom. The fourth-order valence-corrected chi connectivity index (χ4v) is 6.16. The number of hydrogen-bond acceptors (Lipinski definition) is 5. The Hall–Kier alpha value is -2.92. The Morgan fingerprint density at radius 3 is 2.50 bits per heavy atom. The number of ether oxygens (including phenoxy) is 2. The SMILES string of the molecule is O=C1C[C@@H]2[C@@H](C=C[C@@H](O)CCC3CCCCC3)[C@H](OC(=O)c3ccc(-c4ccccc4)cc3)C[C@@H]2O1. The lowest BCUT2D eigenvalue weighted by Crippen LogP contribution is -2.25. The minimum atomic E-state index is -0.522. The summed E-state index contributed by atoms with van der Waals surface area (Å²) in [5.74, 6) is 0.000976. The fraction of sp³-hybridized carbons (Fsp3) is 0.484. The van der Waals surface area contributed by atoms with E-state index in [0.29, 0.717) is 18.4 Å². The minimum absolute atomic E-state index is 0.0162. The molecule has 1 saturated heterocycles. The highest BCUT2D eigenvalue weighted by molar-refractivity contribution is 5.90. The molecule has 0 aromatic heterocycles. The van der Waals surface area contributed by atoms with E-state index in [9.17, 15) is 14.7 Å². The van der Waals surface area contributed by atoms with Crippen LogP contribution in [0.5, 0.6) is 0 Å². The third-order valence-corrected chi connectivity index (χ3v) is 8.19. The van der Waals surface area contributed by atoms with Gasteiger partial charge in [0.05, 0.1) is 18.1 Å². The summed E-state index contributed by atoms with van der Waals surface area (Å²) in [6.45, 7) is 0. The number of carbonyl (C=O) groups is 2. The molecule has 2 saturated carbocycles. The summed E-state index contributed by atoms with van der Waals surface area (Å²) in [7, 11) is 0. The maximum Gasteiger partial charge on any atom is 0.338 e. The summed E-state index contributed by atoms with van der Waals surface area (Å²) < 4.78 is 11.5. The number of aliphatic hydroxyl groups excluding tert-OH is 1. The standard InChI is InChI=1S/C31H36O5/c32-25(16-11-21-7-3-1-4-8-21)17-18-26-27-19-30(33)35-29(27)20-28(26)36-31(34)24-14-12-23(13-15-24)22-9-5-2-6-10-22/h2,5-6,9-10,12-15,17-18,21,25-29,32H,1,3-4,7-8,11,16,19-20H2/t25-,26+,27+,28+,29-/m0/s1. The molecule has 36 heavy (non-hydrogen) atoms. The normalized spacial score (nSPS) is 27.1. The molecule has 2 aromatic rings. The van der Waals surface area contributed by atoms with Crippen LogP contribution in [-0.4, -0.2) is 35.4 Å². The van der Waals surface area contributed by atoms with Crippen molar-refractivity contribution in [2.45, 2.75) is 76.1 Å². The Labute approximate surface area is 213 Å². The van der Waals surface area contributed by atoms with Crippen molar-refractivity contribution in [2.75, 3.05) is 0 Å². The maximum atomic E-state index is 13.0. The molecule has 3 fully saturated rings. The van der Waals surface area contributed by atoms with Crippen LogP contribution >= 0.6 is 0 Å². The average Bonchev–Trinajstić information content (AvgIpc) is 3.42. The van der Waals surface area contributed by atoms with Gasteiger partial charge in [-0.25, -0.2) is 4.79 Å². The van der Waals surface area contributed by atoms with Crippen LogP contribution in [0.4, 0.5) is 0 Å². The first-order valence-electron chi connectivity index (χ1n) is 13.5. The van der Waals surface area contributed by atoms with E-state index in [-0.39, 0.29) is 36.0 Å². The Kier molecular flexibility index (Phi) is 7.86. The van der Waals surface area contributed by atoms with Crippen molar-refractivity contribution in [1.82, 2.24) is 0 Å². The Bertz CT molecular complexity index is 1050. The van der Waals surface area contributed by atoms with Crippen molar-refractivity contribution in [1.29, 1.82) is 0 Å². The third kappa shape index (κ3) is 5.89. The molecule has 1 N–H and O–H groups in total. The second-order valence-corrected chi connectivity index (χ2v) is 10.6. The Morgan fingerprint density at radius 1 is 1.03 bits per heavy atom. The molecular formula is C31H36O5. The quantitative estimate of drug-likeness (QED) is 0.359. The van der Waals surface area contributed by atoms with Gasteiger partial charge < -0.3 is 14.6 Å². The van der Waals surface area contributed by atoms with Gasteiger partial charge in [0, 0.05) is 18.3 Å². The molecule has 0 unspecified atom stereocenters. The smallest absolute Gasteiger partial charge is 0.338 e. The van der Waals surface area contributed by atoms with Gasteiger partial charge >= 0.3 is 11.9 Å². The van der Waals surface area contributed by atoms with E-state index in [1.54, 1.807) is 12.1 Å². The number of hydrogen-bond donors (Lipinski definition) is 1. The van der Waals surface area contributed by atoms with Crippen LogP contribution in [0.3, 0.4) is 0 Å². The van der Waals surface area contributed by atoms with E-state index in [2.05, 4.69) is 0 Å². The molecule has 3 aliphatic rings. The van der Waals surface area contributed by atoms with Gasteiger partial charge in [-0.05, 0) is 42.0 Å². The molecule has 2 aliphatic carbocycles. The Balaban J connectivity index is 1.22. The number of rotatable bonds is 8. The highest BCUT2D eigenvalue weighted by Crippen LogP contribution is 2.44. The molecule has 5 rings (SSSR count). The highest BCUT2D eigenvalue weighted by Gasteiger charge is 2.50. The van der Waals surface area contributed by atoms with Gasteiger partial charge in [0.15, 0.2) is 0 Å². The predicted octanol–water partition coefficient (Wildman–Crippen LogP) is 6.11. The summed E-state index contributed by atoms with van der Waals surface area (Å²) in [5, 5.41) is 10.6. The summed E-state index contributed by atoms with van der Waals surface area (Å²) in [4.78, 5) is 24.9. The summed E-state index contributed by atoms with van der Waals surface area (Å²) in [5.41, 5.74) is 2.63. The molecule has 2 aromatic carbocycles. The van der Waals surface area contributed by atoms with E-state index in [1.165, 1.54) is 32.1 Å². The van der Waals surface area contributed by atoms with E-state index in [4.69, 9.17) is 9.47 Å². The minimum Gasteiger partial charge on any atom is -0.462 e. The number of aliphatic hydroxyl groups is 1. The van der Waals surface area contributed by atoms with Crippen molar-refractivity contribution in [3.05, 3.63) is 72.3 Å². The molecule has 0 spiro atoms. The zero-order valence-corrected chi connectivity index (χ0v) is 20.8. The van der Waals surface area contributed by atoms with E-state index >= 15 is 0 Å². The van der Waals surface area contributed by atoms with Crippen molar-refractivity contribution in [3.8, 4) is 11.1 Å². The van der Waals surface area contributed by atoms with Crippen LogP contribution in [-0.2, 0) is 14.3 Å². The number of fused-ring (bicyclic) bond motifs is 1. The van der Waals surface area contributed by atoms with Crippen molar-refractivity contribution in [2.24, 2.45) is 17.8 Å². The zero-order chi connectivity index (χ0) is 24.9. The summed E-state index contributed by atoms with van der Waals surface area (Å²) in [6, 6.07) is 17.5. The molecule has 0 bridgehead atoms. The second-order valence-electron chi connectivity index (χ2n) is 10.6. The third-order valence-electron chi connectivity index (χ3n) is 8.19. The van der Waals surface area contributed by atoms with Gasteiger partial charge in [0.1, 0.15) is 12.2 Å². The molecule has 1 heterocycles. The number of carbonyl (C=O) groups excluding carboxylic acids is 2. The zero-order valence-electron chi connectivity index (χ0n) is 20.8. The van der Waals surface area contributed by atoms with Crippen LogP contribution in [0, 0.1) is 17.8 Å². The highest BCUT2D eigenvalue weighted by atomic mass is 16.6. The van der Waals surface area contributed by atoms with Gasteiger partial charge in [-0.1, -0.05) is 86.7 Å². The van der Waals surface area contributed by atoms with Crippen LogP contribution in [0.15, 0.2) is 66.7 Å².